The minimum Gasteiger partial charge on any atom is -0.477 e. The van der Waals surface area contributed by atoms with Gasteiger partial charge in [-0.15, -0.1) is 0 Å². The summed E-state index contributed by atoms with van der Waals surface area (Å²) in [5, 5.41) is 12.9. The van der Waals surface area contributed by atoms with Gasteiger partial charge in [-0.3, -0.25) is 0 Å². The smallest absolute Gasteiger partial charge is 0.230 e. The molecule has 68 valence electrons. The van der Waals surface area contributed by atoms with Gasteiger partial charge < -0.3 is 4.74 Å². The van der Waals surface area contributed by atoms with Crippen LogP contribution in [-0.4, -0.2) is 16.4 Å². The average molecular weight is 177 g/mol. The third kappa shape index (κ3) is 1.08. The Kier molecular flexibility index (Phi) is 1.56. The molecule has 0 fully saturated rings. The monoisotopic (exact) mass is 177 g/mol. The third-order valence-electron chi connectivity index (χ3n) is 2.37. The second kappa shape index (κ2) is 2.49. The Morgan fingerprint density at radius 3 is 3.15 bits per heavy atom. The van der Waals surface area contributed by atoms with Gasteiger partial charge in [-0.1, -0.05) is 0 Å². The highest BCUT2D eigenvalue weighted by atomic mass is 16.5. The molecule has 2 heterocycles. The molecular weight excluding hydrogens is 166 g/mol. The van der Waals surface area contributed by atoms with Crippen molar-refractivity contribution in [3.8, 4) is 11.9 Å². The van der Waals surface area contributed by atoms with Crippen LogP contribution in [0.5, 0.6) is 5.88 Å². The molecule has 1 aliphatic heterocycles. The summed E-state index contributed by atoms with van der Waals surface area (Å²) in [5.74, 6) is 0.610. The van der Waals surface area contributed by atoms with Gasteiger partial charge in [0.2, 0.25) is 5.88 Å². The van der Waals surface area contributed by atoms with E-state index in [0.717, 1.165) is 6.42 Å². The Balaban J connectivity index is 2.56. The van der Waals surface area contributed by atoms with Gasteiger partial charge in [0.15, 0.2) is 0 Å². The largest absolute Gasteiger partial charge is 0.477 e. The minimum absolute atomic E-state index is 0.0390. The summed E-state index contributed by atoms with van der Waals surface area (Å²) in [6.45, 7) is 4.84. The fraction of sp³-hybridized carbons (Fsp3) is 0.556. The quantitative estimate of drug-likeness (QED) is 0.599. The second-order valence-electron chi connectivity index (χ2n) is 3.80. The highest BCUT2D eigenvalue weighted by molar-refractivity contribution is 5.37. The number of hydrogen-bond donors (Lipinski definition) is 0. The van der Waals surface area contributed by atoms with Crippen LogP contribution < -0.4 is 4.74 Å². The fourth-order valence-electron chi connectivity index (χ4n) is 1.49. The van der Waals surface area contributed by atoms with Gasteiger partial charge in [0.05, 0.1) is 18.3 Å². The van der Waals surface area contributed by atoms with E-state index >= 15 is 0 Å². The van der Waals surface area contributed by atoms with E-state index in [1.165, 1.54) is 0 Å². The molecule has 0 N–H and O–H groups in total. The lowest BCUT2D eigenvalue weighted by molar-refractivity contribution is 0.138. The SMILES string of the molecule is CC1(C)CCOc2c(C#N)cnn21. The second-order valence-corrected chi connectivity index (χ2v) is 3.80. The van der Waals surface area contributed by atoms with Crippen LogP contribution in [0, 0.1) is 11.3 Å². The molecule has 0 aromatic carbocycles. The number of fused-ring (bicyclic) bond motifs is 1. The van der Waals surface area contributed by atoms with Crippen LogP contribution >= 0.6 is 0 Å². The first kappa shape index (κ1) is 8.11. The summed E-state index contributed by atoms with van der Waals surface area (Å²) in [7, 11) is 0. The highest BCUT2D eigenvalue weighted by Crippen LogP contribution is 2.32. The molecule has 2 rings (SSSR count). The van der Waals surface area contributed by atoms with Crippen molar-refractivity contribution in [2.45, 2.75) is 25.8 Å². The van der Waals surface area contributed by atoms with E-state index < -0.39 is 0 Å². The topological polar surface area (TPSA) is 50.8 Å². The molecule has 4 heteroatoms. The number of nitriles is 1. The molecule has 13 heavy (non-hydrogen) atoms. The van der Waals surface area contributed by atoms with E-state index in [2.05, 4.69) is 25.0 Å². The van der Waals surface area contributed by atoms with Crippen molar-refractivity contribution in [1.29, 1.82) is 5.26 Å². The van der Waals surface area contributed by atoms with Gasteiger partial charge in [-0.25, -0.2) is 4.68 Å². The van der Waals surface area contributed by atoms with Crippen LogP contribution in [0.4, 0.5) is 0 Å². The predicted octanol–water partition coefficient (Wildman–Crippen LogP) is 1.27. The summed E-state index contributed by atoms with van der Waals surface area (Å²) >= 11 is 0. The van der Waals surface area contributed by atoms with E-state index in [0.29, 0.717) is 18.1 Å². The Bertz CT molecular complexity index is 373. The molecule has 0 saturated carbocycles. The summed E-state index contributed by atoms with van der Waals surface area (Å²) in [6, 6.07) is 2.06. The first-order valence-corrected chi connectivity index (χ1v) is 4.26. The summed E-state index contributed by atoms with van der Waals surface area (Å²) in [5.41, 5.74) is 0.482. The van der Waals surface area contributed by atoms with Gasteiger partial charge in [0, 0.05) is 6.42 Å². The number of aromatic nitrogens is 2. The zero-order valence-electron chi connectivity index (χ0n) is 7.74. The number of nitrogens with zero attached hydrogens (tertiary/aromatic N) is 3. The van der Waals surface area contributed by atoms with Crippen molar-refractivity contribution in [1.82, 2.24) is 9.78 Å². The van der Waals surface area contributed by atoms with Crippen LogP contribution in [0.15, 0.2) is 6.20 Å². The normalized spacial score (nSPS) is 18.5. The Labute approximate surface area is 76.7 Å². The Morgan fingerprint density at radius 1 is 1.69 bits per heavy atom. The lowest BCUT2D eigenvalue weighted by Crippen LogP contribution is -2.34. The molecule has 0 atom stereocenters. The van der Waals surface area contributed by atoms with Gasteiger partial charge in [-0.05, 0) is 13.8 Å². The maximum atomic E-state index is 8.77. The van der Waals surface area contributed by atoms with E-state index in [-0.39, 0.29) is 5.54 Å². The first-order valence-electron chi connectivity index (χ1n) is 4.26. The Hall–Kier alpha value is -1.50. The van der Waals surface area contributed by atoms with Gasteiger partial charge >= 0.3 is 0 Å². The summed E-state index contributed by atoms with van der Waals surface area (Å²) < 4.78 is 7.19. The van der Waals surface area contributed by atoms with E-state index in [1.807, 2.05) is 0 Å². The molecule has 0 radical (unpaired) electrons. The molecule has 0 amide bonds. The van der Waals surface area contributed by atoms with Crippen molar-refractivity contribution in [2.24, 2.45) is 0 Å². The molecule has 4 nitrogen and oxygen atoms in total. The minimum atomic E-state index is -0.0390. The molecule has 1 aromatic heterocycles. The number of rotatable bonds is 0. The lowest BCUT2D eigenvalue weighted by atomic mass is 10.0. The lowest BCUT2D eigenvalue weighted by Gasteiger charge is -2.31. The van der Waals surface area contributed by atoms with Crippen LogP contribution in [0.25, 0.3) is 0 Å². The van der Waals surface area contributed by atoms with Crippen LogP contribution in [0.2, 0.25) is 0 Å². The standard InChI is InChI=1S/C9H11N3O/c1-9(2)3-4-13-8-7(5-10)6-11-12(8)9/h6H,3-4H2,1-2H3. The fourth-order valence-corrected chi connectivity index (χ4v) is 1.49. The highest BCUT2D eigenvalue weighted by Gasteiger charge is 2.30. The van der Waals surface area contributed by atoms with E-state index in [1.54, 1.807) is 10.9 Å². The predicted molar refractivity (Wildman–Crippen MR) is 46.4 cm³/mol. The van der Waals surface area contributed by atoms with Crippen molar-refractivity contribution in [2.75, 3.05) is 6.61 Å². The van der Waals surface area contributed by atoms with Crippen molar-refractivity contribution >= 4 is 0 Å². The van der Waals surface area contributed by atoms with Crippen LogP contribution in [0.3, 0.4) is 0 Å². The maximum absolute atomic E-state index is 8.77. The van der Waals surface area contributed by atoms with E-state index in [4.69, 9.17) is 10.00 Å². The molecule has 0 saturated heterocycles. The first-order chi connectivity index (χ1) is 6.15. The van der Waals surface area contributed by atoms with E-state index in [9.17, 15) is 0 Å². The number of hydrogen-bond acceptors (Lipinski definition) is 3. The van der Waals surface area contributed by atoms with Gasteiger partial charge in [-0.2, -0.15) is 10.4 Å². The molecule has 1 aliphatic rings. The zero-order valence-corrected chi connectivity index (χ0v) is 7.74. The van der Waals surface area contributed by atoms with Crippen LogP contribution in [0.1, 0.15) is 25.8 Å². The maximum Gasteiger partial charge on any atom is 0.230 e. The molecule has 0 unspecified atom stereocenters. The van der Waals surface area contributed by atoms with Crippen molar-refractivity contribution in [3.63, 3.8) is 0 Å². The molecule has 0 spiro atoms. The zero-order chi connectivity index (χ0) is 9.47. The summed E-state index contributed by atoms with van der Waals surface area (Å²) in [4.78, 5) is 0. The molecular formula is C9H11N3O. The molecule has 0 bridgehead atoms. The van der Waals surface area contributed by atoms with Gasteiger partial charge in [0.1, 0.15) is 11.6 Å². The number of ether oxygens (including phenoxy) is 1. The molecule has 0 aliphatic carbocycles. The van der Waals surface area contributed by atoms with Crippen LogP contribution in [-0.2, 0) is 5.54 Å². The van der Waals surface area contributed by atoms with Gasteiger partial charge in [0.25, 0.3) is 0 Å². The van der Waals surface area contributed by atoms with Crippen molar-refractivity contribution in [3.05, 3.63) is 11.8 Å². The van der Waals surface area contributed by atoms with Crippen molar-refractivity contribution < 1.29 is 4.74 Å². The molecule has 1 aromatic rings. The average Bonchev–Trinajstić information content (AvgIpc) is 2.48. The Morgan fingerprint density at radius 2 is 2.46 bits per heavy atom. The third-order valence-corrected chi connectivity index (χ3v) is 2.37. The summed E-state index contributed by atoms with van der Waals surface area (Å²) in [6.07, 6.45) is 2.48.